The highest BCUT2D eigenvalue weighted by Gasteiger charge is 2.58. The molecule has 0 spiro atoms. The van der Waals surface area contributed by atoms with Crippen LogP contribution in [0.3, 0.4) is 0 Å². The van der Waals surface area contributed by atoms with Crippen molar-refractivity contribution in [2.24, 2.45) is 0 Å². The molecule has 2 aromatic carbocycles. The molecular formula is C25H23Cl2N3O4S. The van der Waals surface area contributed by atoms with Gasteiger partial charge in [-0.15, -0.1) is 0 Å². The maximum atomic E-state index is 13.9. The molecule has 3 fully saturated rings. The predicted octanol–water partition coefficient (Wildman–Crippen LogP) is 3.64. The number of hydrogen-bond acceptors (Lipinski definition) is 5. The van der Waals surface area contributed by atoms with E-state index in [1.807, 2.05) is 0 Å². The van der Waals surface area contributed by atoms with E-state index >= 15 is 0 Å². The van der Waals surface area contributed by atoms with Gasteiger partial charge in [0.1, 0.15) is 11.6 Å². The van der Waals surface area contributed by atoms with Crippen LogP contribution in [0.25, 0.3) is 0 Å². The van der Waals surface area contributed by atoms with Crippen molar-refractivity contribution in [3.63, 3.8) is 0 Å². The summed E-state index contributed by atoms with van der Waals surface area (Å²) in [6.45, 7) is -0.126. The molecule has 1 heterocycles. The Hall–Kier alpha value is -2.60. The fourth-order valence-electron chi connectivity index (χ4n) is 4.85. The fraction of sp³-hybridized carbons (Fsp3) is 0.400. The Labute approximate surface area is 213 Å². The summed E-state index contributed by atoms with van der Waals surface area (Å²) < 4.78 is 27.0. The van der Waals surface area contributed by atoms with Crippen molar-refractivity contribution >= 4 is 44.9 Å². The molecule has 2 aromatic rings. The maximum Gasteiger partial charge on any atom is 0.244 e. The van der Waals surface area contributed by atoms with Crippen LogP contribution in [0.4, 0.5) is 0 Å². The monoisotopic (exact) mass is 531 g/mol. The summed E-state index contributed by atoms with van der Waals surface area (Å²) in [5, 5.41) is 11.8. The molecule has 10 heteroatoms. The second-order valence-electron chi connectivity index (χ2n) is 9.58. The first-order valence-electron chi connectivity index (χ1n) is 11.4. The molecule has 3 aliphatic rings. The zero-order chi connectivity index (χ0) is 25.0. The first kappa shape index (κ1) is 24.1. The third-order valence-corrected chi connectivity index (χ3v) is 10.2. The lowest BCUT2D eigenvalue weighted by Gasteiger charge is -2.29. The van der Waals surface area contributed by atoms with E-state index in [-0.39, 0.29) is 28.8 Å². The van der Waals surface area contributed by atoms with E-state index in [4.69, 9.17) is 23.2 Å². The minimum atomic E-state index is -3.92. The molecule has 1 saturated heterocycles. The number of benzene rings is 2. The van der Waals surface area contributed by atoms with Gasteiger partial charge in [0, 0.05) is 11.6 Å². The van der Waals surface area contributed by atoms with Gasteiger partial charge >= 0.3 is 0 Å². The van der Waals surface area contributed by atoms with Crippen LogP contribution in [0.15, 0.2) is 53.4 Å². The number of hydrogen-bond donors (Lipinski definition) is 1. The van der Waals surface area contributed by atoms with Gasteiger partial charge in [-0.05, 0) is 61.9 Å². The molecule has 2 unspecified atom stereocenters. The molecule has 7 nitrogen and oxygen atoms in total. The van der Waals surface area contributed by atoms with Gasteiger partial charge < -0.3 is 10.2 Å². The second kappa shape index (κ2) is 8.51. The molecule has 0 radical (unpaired) electrons. The van der Waals surface area contributed by atoms with Crippen molar-refractivity contribution in [2.45, 2.75) is 59.2 Å². The number of nitrogens with zero attached hydrogens (tertiary/aromatic N) is 2. The second-order valence-corrected chi connectivity index (χ2v) is 12.6. The molecule has 1 N–H and O–H groups in total. The van der Waals surface area contributed by atoms with Crippen LogP contribution in [-0.4, -0.2) is 48.5 Å². The average Bonchev–Trinajstić information content (AvgIpc) is 3.76. The van der Waals surface area contributed by atoms with Gasteiger partial charge in [0.25, 0.3) is 0 Å². The van der Waals surface area contributed by atoms with E-state index in [9.17, 15) is 23.3 Å². The lowest BCUT2D eigenvalue weighted by atomic mass is 9.94. The molecule has 0 aromatic heterocycles. The molecule has 182 valence electrons. The van der Waals surface area contributed by atoms with Crippen LogP contribution >= 0.6 is 23.2 Å². The Morgan fingerprint density at radius 2 is 1.69 bits per heavy atom. The smallest absolute Gasteiger partial charge is 0.244 e. The largest absolute Gasteiger partial charge is 0.336 e. The van der Waals surface area contributed by atoms with Crippen molar-refractivity contribution < 1.29 is 18.0 Å². The molecule has 5 rings (SSSR count). The number of amides is 2. The van der Waals surface area contributed by atoms with E-state index in [1.54, 1.807) is 36.4 Å². The molecule has 2 amide bonds. The van der Waals surface area contributed by atoms with E-state index in [0.29, 0.717) is 30.7 Å². The zero-order valence-corrected chi connectivity index (χ0v) is 21.0. The van der Waals surface area contributed by atoms with Crippen molar-refractivity contribution in [3.05, 3.63) is 64.1 Å². The van der Waals surface area contributed by atoms with E-state index in [2.05, 4.69) is 11.4 Å². The van der Waals surface area contributed by atoms with Gasteiger partial charge in [0.2, 0.25) is 11.8 Å². The topological polar surface area (TPSA) is 107 Å². The zero-order valence-electron chi connectivity index (χ0n) is 18.7. The molecule has 2 aliphatic carbocycles. The lowest BCUT2D eigenvalue weighted by molar-refractivity contribution is -0.140. The fourth-order valence-corrected chi connectivity index (χ4v) is 7.20. The summed E-state index contributed by atoms with van der Waals surface area (Å²) in [5.41, 5.74) is -0.948. The SMILES string of the molecule is N#CC1(NC(=O)C2CC(S(=O)(=O)c3ccccc3Cl)CN2C(=O)C2(c3ccc(Cl)cc3)CC2)CC1. The molecule has 35 heavy (non-hydrogen) atoms. The van der Waals surface area contributed by atoms with Crippen LogP contribution < -0.4 is 5.32 Å². The van der Waals surface area contributed by atoms with Crippen LogP contribution in [-0.2, 0) is 24.8 Å². The number of nitrogens with one attached hydrogen (secondary N) is 1. The Bertz CT molecular complexity index is 1350. The Morgan fingerprint density at radius 1 is 1.03 bits per heavy atom. The van der Waals surface area contributed by atoms with Gasteiger partial charge in [0.05, 0.1) is 26.7 Å². The third kappa shape index (κ3) is 4.20. The summed E-state index contributed by atoms with van der Waals surface area (Å²) in [7, 11) is -3.92. The number of likely N-dealkylation sites (tertiary alicyclic amines) is 1. The van der Waals surface area contributed by atoms with Crippen LogP contribution in [0.1, 0.15) is 37.7 Å². The number of rotatable bonds is 6. The van der Waals surface area contributed by atoms with Gasteiger partial charge in [0.15, 0.2) is 9.84 Å². The molecule has 2 atom stereocenters. The number of halogens is 2. The molecule has 0 bridgehead atoms. The Kier molecular flexibility index (Phi) is 5.86. The minimum absolute atomic E-state index is 0.0188. The quantitative estimate of drug-likeness (QED) is 0.612. The van der Waals surface area contributed by atoms with Crippen LogP contribution in [0, 0.1) is 11.3 Å². The average molecular weight is 532 g/mol. The first-order chi connectivity index (χ1) is 16.6. The number of carbonyl (C=O) groups excluding carboxylic acids is 2. The summed E-state index contributed by atoms with van der Waals surface area (Å²) in [6, 6.07) is 14.3. The maximum absolute atomic E-state index is 13.9. The Balaban J connectivity index is 1.48. The van der Waals surface area contributed by atoms with Crippen LogP contribution in [0.2, 0.25) is 10.0 Å². The highest BCUT2D eigenvalue weighted by atomic mass is 35.5. The van der Waals surface area contributed by atoms with Crippen molar-refractivity contribution in [1.29, 1.82) is 5.26 Å². The van der Waals surface area contributed by atoms with Crippen LogP contribution in [0.5, 0.6) is 0 Å². The molecular weight excluding hydrogens is 509 g/mol. The van der Waals surface area contributed by atoms with E-state index < -0.39 is 38.0 Å². The van der Waals surface area contributed by atoms with Crippen molar-refractivity contribution in [1.82, 2.24) is 10.2 Å². The summed E-state index contributed by atoms with van der Waals surface area (Å²) in [5.74, 6) is -0.778. The van der Waals surface area contributed by atoms with E-state index in [1.165, 1.54) is 17.0 Å². The number of carbonyl (C=O) groups is 2. The van der Waals surface area contributed by atoms with Crippen molar-refractivity contribution in [3.8, 4) is 6.07 Å². The summed E-state index contributed by atoms with van der Waals surface area (Å²) in [6.07, 6.45) is 2.20. The van der Waals surface area contributed by atoms with Gasteiger partial charge in [-0.25, -0.2) is 8.42 Å². The first-order valence-corrected chi connectivity index (χ1v) is 13.7. The predicted molar refractivity (Wildman–Crippen MR) is 131 cm³/mol. The standard InChI is InChI=1S/C25H23Cl2N3O4S/c26-17-7-5-16(6-8-17)25(11-12-25)23(32)30-14-18(35(33,34)21-4-2-1-3-19(21)27)13-20(30)22(31)29-24(15-28)9-10-24/h1-8,18,20H,9-14H2,(H,29,31). The molecule has 1 aliphatic heterocycles. The summed E-state index contributed by atoms with van der Waals surface area (Å²) in [4.78, 5) is 28.5. The van der Waals surface area contributed by atoms with Crippen molar-refractivity contribution in [2.75, 3.05) is 6.54 Å². The minimum Gasteiger partial charge on any atom is -0.336 e. The van der Waals surface area contributed by atoms with Gasteiger partial charge in [-0.1, -0.05) is 47.5 Å². The normalized spacial score (nSPS) is 23.9. The van der Waals surface area contributed by atoms with E-state index in [0.717, 1.165) is 5.56 Å². The van der Waals surface area contributed by atoms with Gasteiger partial charge in [-0.3, -0.25) is 9.59 Å². The third-order valence-electron chi connectivity index (χ3n) is 7.29. The highest BCUT2D eigenvalue weighted by molar-refractivity contribution is 7.92. The lowest BCUT2D eigenvalue weighted by Crippen LogP contribution is -2.51. The number of nitriles is 1. The number of sulfone groups is 1. The molecule has 2 saturated carbocycles. The summed E-state index contributed by atoms with van der Waals surface area (Å²) >= 11 is 12.2. The van der Waals surface area contributed by atoms with Gasteiger partial charge in [-0.2, -0.15) is 5.26 Å². The Morgan fingerprint density at radius 3 is 2.26 bits per heavy atom. The highest BCUT2D eigenvalue weighted by Crippen LogP contribution is 2.51.